The quantitative estimate of drug-likeness (QED) is 0.834. The van der Waals surface area contributed by atoms with Crippen LogP contribution in [0.1, 0.15) is 43.2 Å². The fourth-order valence-corrected chi connectivity index (χ4v) is 2.76. The Morgan fingerprint density at radius 3 is 2.21 bits per heavy atom. The van der Waals surface area contributed by atoms with Gasteiger partial charge in [-0.05, 0) is 24.5 Å². The molecule has 1 saturated carbocycles. The van der Waals surface area contributed by atoms with Gasteiger partial charge in [-0.25, -0.2) is 4.39 Å². The van der Waals surface area contributed by atoms with Gasteiger partial charge in [0.2, 0.25) is 0 Å². The van der Waals surface area contributed by atoms with Crippen molar-refractivity contribution >= 4 is 0 Å². The van der Waals surface area contributed by atoms with E-state index in [-0.39, 0.29) is 13.2 Å². The maximum Gasteiger partial charge on any atom is 0.130 e. The van der Waals surface area contributed by atoms with Crippen molar-refractivity contribution in [2.75, 3.05) is 6.61 Å². The van der Waals surface area contributed by atoms with Crippen LogP contribution >= 0.6 is 0 Å². The molecule has 0 radical (unpaired) electrons. The molecule has 0 bridgehead atoms. The summed E-state index contributed by atoms with van der Waals surface area (Å²) in [6, 6.07) is 2.51. The van der Waals surface area contributed by atoms with Gasteiger partial charge in [0.15, 0.2) is 0 Å². The number of halogens is 1. The predicted molar refractivity (Wildman–Crippen MR) is 70.3 cm³/mol. The first-order chi connectivity index (χ1) is 9.24. The van der Waals surface area contributed by atoms with E-state index in [1.807, 2.05) is 0 Å². The molecule has 0 unspecified atom stereocenters. The van der Waals surface area contributed by atoms with E-state index in [0.717, 1.165) is 12.3 Å². The van der Waals surface area contributed by atoms with Crippen molar-refractivity contribution in [2.24, 2.45) is 5.92 Å². The van der Waals surface area contributed by atoms with Gasteiger partial charge in [-0.15, -0.1) is 0 Å². The molecule has 106 valence electrons. The van der Waals surface area contributed by atoms with E-state index in [4.69, 9.17) is 4.74 Å². The summed E-state index contributed by atoms with van der Waals surface area (Å²) in [5, 5.41) is 18.5. The fraction of sp³-hybridized carbons (Fsp3) is 0.600. The molecule has 2 N–H and O–H groups in total. The second kappa shape index (κ2) is 6.87. The zero-order valence-corrected chi connectivity index (χ0v) is 11.1. The minimum Gasteiger partial charge on any atom is -0.493 e. The second-order valence-electron chi connectivity index (χ2n) is 5.16. The molecule has 1 aromatic carbocycles. The lowest BCUT2D eigenvalue weighted by Gasteiger charge is -2.16. The number of hydrogen-bond acceptors (Lipinski definition) is 3. The first-order valence-corrected chi connectivity index (χ1v) is 6.90. The normalized spacial score (nSPS) is 15.9. The van der Waals surface area contributed by atoms with E-state index >= 15 is 0 Å². The minimum absolute atomic E-state index is 0.288. The molecular formula is C15H21FO3. The number of benzene rings is 1. The molecule has 1 aliphatic rings. The van der Waals surface area contributed by atoms with Crippen LogP contribution in [0.25, 0.3) is 0 Å². The van der Waals surface area contributed by atoms with Gasteiger partial charge in [0.25, 0.3) is 0 Å². The van der Waals surface area contributed by atoms with E-state index in [0.29, 0.717) is 23.5 Å². The summed E-state index contributed by atoms with van der Waals surface area (Å²) in [4.78, 5) is 0. The molecule has 0 spiro atoms. The van der Waals surface area contributed by atoms with Crippen molar-refractivity contribution in [3.05, 3.63) is 29.1 Å². The van der Waals surface area contributed by atoms with Gasteiger partial charge in [-0.3, -0.25) is 0 Å². The summed E-state index contributed by atoms with van der Waals surface area (Å²) >= 11 is 0. The Hall–Kier alpha value is -1.13. The molecule has 0 amide bonds. The highest BCUT2D eigenvalue weighted by atomic mass is 19.1. The minimum atomic E-state index is -0.462. The van der Waals surface area contributed by atoms with Gasteiger partial charge in [-0.2, -0.15) is 0 Å². The third-order valence-electron chi connectivity index (χ3n) is 3.80. The van der Waals surface area contributed by atoms with Gasteiger partial charge in [-0.1, -0.05) is 25.7 Å². The molecule has 0 aliphatic heterocycles. The molecular weight excluding hydrogens is 247 g/mol. The van der Waals surface area contributed by atoms with Crippen LogP contribution in [0.3, 0.4) is 0 Å². The van der Waals surface area contributed by atoms with Crippen LogP contribution in [0.4, 0.5) is 4.39 Å². The summed E-state index contributed by atoms with van der Waals surface area (Å²) in [7, 11) is 0. The van der Waals surface area contributed by atoms with Crippen molar-refractivity contribution in [3.63, 3.8) is 0 Å². The lowest BCUT2D eigenvalue weighted by Crippen LogP contribution is -2.08. The molecule has 1 aromatic rings. The summed E-state index contributed by atoms with van der Waals surface area (Å²) in [6.07, 6.45) is 6.09. The lowest BCUT2D eigenvalue weighted by molar-refractivity contribution is 0.235. The summed E-state index contributed by atoms with van der Waals surface area (Å²) < 4.78 is 19.0. The van der Waals surface area contributed by atoms with Gasteiger partial charge < -0.3 is 14.9 Å². The van der Waals surface area contributed by atoms with Crippen LogP contribution < -0.4 is 4.74 Å². The standard InChI is InChI=1S/C15H21FO3/c16-14-7-12(9-17)15(13(8-14)10-18)19-6-5-11-3-1-2-4-11/h7-8,11,17-18H,1-6,9-10H2. The molecule has 0 atom stereocenters. The maximum atomic E-state index is 13.3. The Balaban J connectivity index is 2.00. The van der Waals surface area contributed by atoms with Crippen LogP contribution in [-0.4, -0.2) is 16.8 Å². The van der Waals surface area contributed by atoms with Gasteiger partial charge in [0.1, 0.15) is 11.6 Å². The first kappa shape index (κ1) is 14.3. The molecule has 4 heteroatoms. The highest BCUT2D eigenvalue weighted by molar-refractivity contribution is 5.41. The van der Waals surface area contributed by atoms with Crippen molar-refractivity contribution < 1.29 is 19.3 Å². The fourth-order valence-electron chi connectivity index (χ4n) is 2.76. The number of aliphatic hydroxyl groups excluding tert-OH is 2. The second-order valence-corrected chi connectivity index (χ2v) is 5.16. The van der Waals surface area contributed by atoms with Gasteiger partial charge in [0, 0.05) is 11.1 Å². The number of rotatable bonds is 6. The topological polar surface area (TPSA) is 49.7 Å². The molecule has 1 fully saturated rings. The molecule has 1 aliphatic carbocycles. The number of ether oxygens (including phenoxy) is 1. The molecule has 3 nitrogen and oxygen atoms in total. The summed E-state index contributed by atoms with van der Waals surface area (Å²) in [5.74, 6) is 0.691. The Morgan fingerprint density at radius 1 is 1.11 bits per heavy atom. The smallest absolute Gasteiger partial charge is 0.130 e. The van der Waals surface area contributed by atoms with Crippen LogP contribution in [0, 0.1) is 11.7 Å². The molecule has 2 rings (SSSR count). The van der Waals surface area contributed by atoms with Crippen molar-refractivity contribution in [3.8, 4) is 5.75 Å². The van der Waals surface area contributed by atoms with Crippen LogP contribution in [0.2, 0.25) is 0 Å². The van der Waals surface area contributed by atoms with Crippen molar-refractivity contribution in [1.82, 2.24) is 0 Å². The average molecular weight is 268 g/mol. The van der Waals surface area contributed by atoms with E-state index in [2.05, 4.69) is 0 Å². The molecule has 0 aromatic heterocycles. The van der Waals surface area contributed by atoms with Crippen LogP contribution in [-0.2, 0) is 13.2 Å². The predicted octanol–water partition coefficient (Wildman–Crippen LogP) is 2.77. The largest absolute Gasteiger partial charge is 0.493 e. The average Bonchev–Trinajstić information content (AvgIpc) is 2.92. The monoisotopic (exact) mass is 268 g/mol. The Bertz CT molecular complexity index is 389. The Morgan fingerprint density at radius 2 is 1.68 bits per heavy atom. The zero-order chi connectivity index (χ0) is 13.7. The van der Waals surface area contributed by atoms with E-state index in [1.54, 1.807) is 0 Å². The van der Waals surface area contributed by atoms with Crippen molar-refractivity contribution in [2.45, 2.75) is 45.3 Å². The third kappa shape index (κ3) is 3.67. The first-order valence-electron chi connectivity index (χ1n) is 6.90. The van der Waals surface area contributed by atoms with Gasteiger partial charge in [0.05, 0.1) is 19.8 Å². The lowest BCUT2D eigenvalue weighted by atomic mass is 10.0. The van der Waals surface area contributed by atoms with Gasteiger partial charge >= 0.3 is 0 Å². The Kier molecular flexibility index (Phi) is 5.16. The van der Waals surface area contributed by atoms with E-state index in [1.165, 1.54) is 37.8 Å². The van der Waals surface area contributed by atoms with Crippen LogP contribution in [0.15, 0.2) is 12.1 Å². The number of hydrogen-bond donors (Lipinski definition) is 2. The summed E-state index contributed by atoms with van der Waals surface area (Å²) in [5.41, 5.74) is 0.797. The third-order valence-corrected chi connectivity index (χ3v) is 3.80. The highest BCUT2D eigenvalue weighted by Crippen LogP contribution is 2.29. The highest BCUT2D eigenvalue weighted by Gasteiger charge is 2.16. The van der Waals surface area contributed by atoms with E-state index in [9.17, 15) is 14.6 Å². The van der Waals surface area contributed by atoms with E-state index < -0.39 is 5.82 Å². The van der Waals surface area contributed by atoms with Crippen molar-refractivity contribution in [1.29, 1.82) is 0 Å². The molecule has 19 heavy (non-hydrogen) atoms. The SMILES string of the molecule is OCc1cc(F)cc(CO)c1OCCC1CCCC1. The zero-order valence-electron chi connectivity index (χ0n) is 11.1. The maximum absolute atomic E-state index is 13.3. The number of aliphatic hydroxyl groups is 2. The Labute approximate surface area is 113 Å². The summed E-state index contributed by atoms with van der Waals surface area (Å²) in [6.45, 7) is -0.0245. The molecule has 0 saturated heterocycles. The van der Waals surface area contributed by atoms with Crippen LogP contribution in [0.5, 0.6) is 5.75 Å². The molecule has 0 heterocycles.